The zero-order chi connectivity index (χ0) is 13.2. The molecular formula is C13H15N5S. The van der Waals surface area contributed by atoms with Gasteiger partial charge in [-0.3, -0.25) is 0 Å². The molecule has 3 heterocycles. The van der Waals surface area contributed by atoms with E-state index in [1.54, 1.807) is 17.5 Å². The van der Waals surface area contributed by atoms with Crippen molar-refractivity contribution in [2.75, 3.05) is 11.9 Å². The normalized spacial score (nSPS) is 11.1. The van der Waals surface area contributed by atoms with Crippen LogP contribution in [0, 0.1) is 6.92 Å². The summed E-state index contributed by atoms with van der Waals surface area (Å²) >= 11 is 1.64. The summed E-state index contributed by atoms with van der Waals surface area (Å²) in [5.41, 5.74) is 0. The summed E-state index contributed by atoms with van der Waals surface area (Å²) in [7, 11) is 0. The number of hydrogen-bond acceptors (Lipinski definition) is 5. The highest BCUT2D eigenvalue weighted by Gasteiger charge is 2.09. The van der Waals surface area contributed by atoms with Crippen molar-refractivity contribution in [2.45, 2.75) is 20.4 Å². The maximum Gasteiger partial charge on any atom is 0.152 e. The van der Waals surface area contributed by atoms with Crippen molar-refractivity contribution >= 4 is 27.4 Å². The van der Waals surface area contributed by atoms with Gasteiger partial charge in [0.15, 0.2) is 5.82 Å². The molecule has 0 aliphatic carbocycles. The molecule has 0 saturated heterocycles. The lowest BCUT2D eigenvalue weighted by atomic mass is 10.3. The van der Waals surface area contributed by atoms with Gasteiger partial charge >= 0.3 is 0 Å². The summed E-state index contributed by atoms with van der Waals surface area (Å²) in [6.45, 7) is 5.55. The number of fused-ring (bicyclic) bond motifs is 1. The molecule has 0 atom stereocenters. The van der Waals surface area contributed by atoms with Crippen LogP contribution in [-0.4, -0.2) is 26.1 Å². The second-order valence-electron chi connectivity index (χ2n) is 4.26. The Morgan fingerprint density at radius 3 is 3.00 bits per heavy atom. The monoisotopic (exact) mass is 273 g/mol. The molecule has 0 fully saturated rings. The van der Waals surface area contributed by atoms with Gasteiger partial charge in [-0.05, 0) is 25.3 Å². The van der Waals surface area contributed by atoms with Crippen LogP contribution in [0.1, 0.15) is 18.6 Å². The summed E-state index contributed by atoms with van der Waals surface area (Å²) in [6.07, 6.45) is 3.74. The van der Waals surface area contributed by atoms with E-state index in [1.807, 2.05) is 23.1 Å². The third-order valence-corrected chi connectivity index (χ3v) is 3.76. The van der Waals surface area contributed by atoms with E-state index in [-0.39, 0.29) is 0 Å². The number of aryl methyl sites for hydroxylation is 1. The molecule has 0 bridgehead atoms. The van der Waals surface area contributed by atoms with Crippen LogP contribution in [0.4, 0.5) is 5.82 Å². The van der Waals surface area contributed by atoms with E-state index in [0.29, 0.717) is 6.54 Å². The first-order valence-corrected chi connectivity index (χ1v) is 7.11. The minimum atomic E-state index is 0.651. The standard InChI is InChI=1S/C13H15N5S/c1-3-14-12-10-4-7-19-13(10)17-11(16-12)8-18-6-5-15-9(18)2/h4-7H,3,8H2,1-2H3,(H,14,16,17). The van der Waals surface area contributed by atoms with Gasteiger partial charge in [-0.2, -0.15) is 0 Å². The summed E-state index contributed by atoms with van der Waals surface area (Å²) in [5, 5.41) is 6.45. The highest BCUT2D eigenvalue weighted by atomic mass is 32.1. The van der Waals surface area contributed by atoms with E-state index in [1.165, 1.54) is 0 Å². The first-order valence-electron chi connectivity index (χ1n) is 6.23. The molecule has 0 saturated carbocycles. The van der Waals surface area contributed by atoms with Crippen molar-refractivity contribution in [3.63, 3.8) is 0 Å². The topological polar surface area (TPSA) is 55.6 Å². The number of nitrogens with zero attached hydrogens (tertiary/aromatic N) is 4. The Labute approximate surface area is 115 Å². The van der Waals surface area contributed by atoms with Gasteiger partial charge in [0.05, 0.1) is 11.9 Å². The molecule has 19 heavy (non-hydrogen) atoms. The minimum absolute atomic E-state index is 0.651. The molecule has 0 amide bonds. The van der Waals surface area contributed by atoms with Crippen LogP contribution < -0.4 is 5.32 Å². The molecule has 6 heteroatoms. The van der Waals surface area contributed by atoms with E-state index in [4.69, 9.17) is 0 Å². The van der Waals surface area contributed by atoms with Gasteiger partial charge in [0, 0.05) is 18.9 Å². The molecule has 3 aromatic rings. The van der Waals surface area contributed by atoms with Gasteiger partial charge in [-0.15, -0.1) is 11.3 Å². The van der Waals surface area contributed by atoms with Crippen molar-refractivity contribution in [2.24, 2.45) is 0 Å². The fraction of sp³-hybridized carbons (Fsp3) is 0.308. The summed E-state index contributed by atoms with van der Waals surface area (Å²) < 4.78 is 2.05. The van der Waals surface area contributed by atoms with Crippen molar-refractivity contribution in [1.82, 2.24) is 19.5 Å². The van der Waals surface area contributed by atoms with Gasteiger partial charge in [-0.1, -0.05) is 0 Å². The van der Waals surface area contributed by atoms with Crippen molar-refractivity contribution in [3.05, 3.63) is 35.5 Å². The van der Waals surface area contributed by atoms with E-state index in [9.17, 15) is 0 Å². The predicted octanol–water partition coefficient (Wildman–Crippen LogP) is 2.68. The van der Waals surface area contributed by atoms with Crippen molar-refractivity contribution < 1.29 is 0 Å². The molecule has 0 aliphatic rings. The maximum absolute atomic E-state index is 4.61. The van der Waals surface area contributed by atoms with E-state index in [0.717, 1.165) is 34.2 Å². The lowest BCUT2D eigenvalue weighted by Crippen LogP contribution is -2.08. The Bertz CT molecular complexity index is 700. The summed E-state index contributed by atoms with van der Waals surface area (Å²) in [5.74, 6) is 2.70. The van der Waals surface area contributed by atoms with Gasteiger partial charge in [0.2, 0.25) is 0 Å². The fourth-order valence-electron chi connectivity index (χ4n) is 2.00. The Kier molecular flexibility index (Phi) is 3.16. The number of anilines is 1. The SMILES string of the molecule is CCNc1nc(Cn2ccnc2C)nc2sccc12. The van der Waals surface area contributed by atoms with Crippen LogP contribution in [0.3, 0.4) is 0 Å². The Hall–Kier alpha value is -1.95. The third-order valence-electron chi connectivity index (χ3n) is 2.95. The second-order valence-corrected chi connectivity index (χ2v) is 5.16. The molecule has 0 aromatic carbocycles. The zero-order valence-corrected chi connectivity index (χ0v) is 11.7. The van der Waals surface area contributed by atoms with Gasteiger partial charge in [0.1, 0.15) is 16.5 Å². The van der Waals surface area contributed by atoms with E-state index >= 15 is 0 Å². The number of rotatable bonds is 4. The largest absolute Gasteiger partial charge is 0.370 e. The van der Waals surface area contributed by atoms with Crippen molar-refractivity contribution in [1.29, 1.82) is 0 Å². The molecule has 3 aromatic heterocycles. The summed E-state index contributed by atoms with van der Waals surface area (Å²) in [4.78, 5) is 14.5. The second kappa shape index (κ2) is 4.97. The van der Waals surface area contributed by atoms with Crippen LogP contribution >= 0.6 is 11.3 Å². The molecule has 5 nitrogen and oxygen atoms in total. The quantitative estimate of drug-likeness (QED) is 0.794. The number of thiophene rings is 1. The molecular weight excluding hydrogens is 258 g/mol. The Morgan fingerprint density at radius 2 is 2.26 bits per heavy atom. The molecule has 0 spiro atoms. The highest BCUT2D eigenvalue weighted by Crippen LogP contribution is 2.25. The highest BCUT2D eigenvalue weighted by molar-refractivity contribution is 7.16. The van der Waals surface area contributed by atoms with E-state index in [2.05, 4.69) is 33.3 Å². The van der Waals surface area contributed by atoms with Gasteiger partial charge in [-0.25, -0.2) is 15.0 Å². The zero-order valence-electron chi connectivity index (χ0n) is 10.9. The van der Waals surface area contributed by atoms with Gasteiger partial charge in [0.25, 0.3) is 0 Å². The Balaban J connectivity index is 2.01. The number of nitrogens with one attached hydrogen (secondary N) is 1. The maximum atomic E-state index is 4.61. The Morgan fingerprint density at radius 1 is 1.37 bits per heavy atom. The van der Waals surface area contributed by atoms with Crippen LogP contribution in [-0.2, 0) is 6.54 Å². The molecule has 0 unspecified atom stereocenters. The smallest absolute Gasteiger partial charge is 0.152 e. The van der Waals surface area contributed by atoms with Crippen molar-refractivity contribution in [3.8, 4) is 0 Å². The molecule has 3 rings (SSSR count). The molecule has 0 radical (unpaired) electrons. The summed E-state index contributed by atoms with van der Waals surface area (Å²) in [6, 6.07) is 2.06. The average molecular weight is 273 g/mol. The number of imidazole rings is 1. The number of hydrogen-bond donors (Lipinski definition) is 1. The van der Waals surface area contributed by atoms with Crippen LogP contribution in [0.25, 0.3) is 10.2 Å². The third kappa shape index (κ3) is 2.31. The predicted molar refractivity (Wildman–Crippen MR) is 77.6 cm³/mol. The first kappa shape index (κ1) is 12.1. The molecule has 98 valence electrons. The minimum Gasteiger partial charge on any atom is -0.370 e. The lowest BCUT2D eigenvalue weighted by molar-refractivity contribution is 0.722. The lowest BCUT2D eigenvalue weighted by Gasteiger charge is -2.08. The molecule has 0 aliphatic heterocycles. The van der Waals surface area contributed by atoms with Crippen LogP contribution in [0.15, 0.2) is 23.8 Å². The first-order chi connectivity index (χ1) is 9.28. The average Bonchev–Trinajstić information content (AvgIpc) is 3.00. The van der Waals surface area contributed by atoms with Crippen LogP contribution in [0.5, 0.6) is 0 Å². The number of aromatic nitrogens is 4. The van der Waals surface area contributed by atoms with E-state index < -0.39 is 0 Å². The van der Waals surface area contributed by atoms with Crippen LogP contribution in [0.2, 0.25) is 0 Å². The fourth-order valence-corrected chi connectivity index (χ4v) is 2.78. The molecule has 1 N–H and O–H groups in total. The van der Waals surface area contributed by atoms with Gasteiger partial charge < -0.3 is 9.88 Å².